The Balaban J connectivity index is 2.39. The molecule has 2 unspecified atom stereocenters. The van der Waals surface area contributed by atoms with Crippen LogP contribution in [-0.2, 0) is 18.1 Å². The van der Waals surface area contributed by atoms with E-state index < -0.39 is 28.8 Å². The summed E-state index contributed by atoms with van der Waals surface area (Å²) in [6.07, 6.45) is -5.41. The molecule has 0 N–H and O–H groups in total. The van der Waals surface area contributed by atoms with E-state index in [0.717, 1.165) is 10.9 Å². The van der Waals surface area contributed by atoms with Crippen molar-refractivity contribution in [3.05, 3.63) is 17.5 Å². The summed E-state index contributed by atoms with van der Waals surface area (Å²) in [4.78, 5) is 4.89. The highest BCUT2D eigenvalue weighted by molar-refractivity contribution is 7.81. The Hall–Kier alpha value is -1.25. The Labute approximate surface area is 118 Å². The van der Waals surface area contributed by atoms with Gasteiger partial charge in [-0.2, -0.15) is 30.9 Å². The van der Waals surface area contributed by atoms with E-state index in [2.05, 4.69) is 22.9 Å². The second-order valence-corrected chi connectivity index (χ2v) is 5.59. The van der Waals surface area contributed by atoms with E-state index in [1.165, 1.54) is 20.9 Å². The molecule has 2 heterocycles. The van der Waals surface area contributed by atoms with Gasteiger partial charge in [0, 0.05) is 13.2 Å². The summed E-state index contributed by atoms with van der Waals surface area (Å²) in [6, 6.07) is 0. The molecular formula is C11H13F4N3OS. The van der Waals surface area contributed by atoms with Crippen molar-refractivity contribution in [3.8, 4) is 0 Å². The molecule has 2 atom stereocenters. The summed E-state index contributed by atoms with van der Waals surface area (Å²) in [5.41, 5.74) is -2.77. The van der Waals surface area contributed by atoms with Gasteiger partial charge in [-0.3, -0.25) is 4.68 Å². The predicted octanol–water partition coefficient (Wildman–Crippen LogP) is 2.91. The van der Waals surface area contributed by atoms with Gasteiger partial charge in [0.25, 0.3) is 0 Å². The standard InChI is InChI=1S/C11H13F4N3OS/c1-10(2)9(12)7(17-19-10)8(20)6-5(11(13,14)15)4-18(3)16-6/h4,8-9,20H,1-3H3. The highest BCUT2D eigenvalue weighted by atomic mass is 32.1. The highest BCUT2D eigenvalue weighted by Crippen LogP contribution is 2.39. The Morgan fingerprint density at radius 1 is 1.45 bits per heavy atom. The largest absolute Gasteiger partial charge is 0.419 e. The summed E-state index contributed by atoms with van der Waals surface area (Å²) in [5.74, 6) is 0. The van der Waals surface area contributed by atoms with Crippen LogP contribution in [0, 0.1) is 0 Å². The SMILES string of the molecule is Cn1cc(C(F)(F)F)c(C(S)C2=NOC(C)(C)C2F)n1. The highest BCUT2D eigenvalue weighted by Gasteiger charge is 2.47. The number of hydrogen-bond acceptors (Lipinski definition) is 4. The molecule has 2 rings (SSSR count). The van der Waals surface area contributed by atoms with Gasteiger partial charge in [0.1, 0.15) is 5.71 Å². The third-order valence-corrected chi connectivity index (χ3v) is 3.47. The molecule has 0 aliphatic carbocycles. The Kier molecular flexibility index (Phi) is 3.52. The van der Waals surface area contributed by atoms with Crippen LogP contribution in [0.1, 0.15) is 30.4 Å². The van der Waals surface area contributed by atoms with E-state index in [0.29, 0.717) is 0 Å². The predicted molar refractivity (Wildman–Crippen MR) is 67.4 cm³/mol. The first-order valence-corrected chi connectivity index (χ1v) is 6.24. The lowest BCUT2D eigenvalue weighted by Gasteiger charge is -2.19. The van der Waals surface area contributed by atoms with Gasteiger partial charge in [-0.1, -0.05) is 5.16 Å². The maximum atomic E-state index is 14.1. The van der Waals surface area contributed by atoms with Crippen molar-refractivity contribution in [2.75, 3.05) is 0 Å². The number of aromatic nitrogens is 2. The molecule has 1 aromatic rings. The molecule has 1 aliphatic heterocycles. The lowest BCUT2D eigenvalue weighted by atomic mass is 9.96. The normalized spacial score (nSPS) is 23.4. The number of thiol groups is 1. The Bertz CT molecular complexity index is 552. The van der Waals surface area contributed by atoms with E-state index in [9.17, 15) is 17.6 Å². The second-order valence-electron chi connectivity index (χ2n) is 5.08. The molecule has 20 heavy (non-hydrogen) atoms. The number of aryl methyl sites for hydroxylation is 1. The fraction of sp³-hybridized carbons (Fsp3) is 0.636. The van der Waals surface area contributed by atoms with Crippen LogP contribution in [0.2, 0.25) is 0 Å². The van der Waals surface area contributed by atoms with Gasteiger partial charge < -0.3 is 4.84 Å². The topological polar surface area (TPSA) is 39.4 Å². The summed E-state index contributed by atoms with van der Waals surface area (Å²) < 4.78 is 53.8. The molecule has 0 bridgehead atoms. The molecular weight excluding hydrogens is 298 g/mol. The minimum absolute atomic E-state index is 0.206. The molecule has 0 aromatic carbocycles. The fourth-order valence-corrected chi connectivity index (χ4v) is 2.24. The van der Waals surface area contributed by atoms with Crippen LogP contribution in [0.3, 0.4) is 0 Å². The van der Waals surface area contributed by atoms with Gasteiger partial charge in [0.05, 0.1) is 16.5 Å². The molecule has 9 heteroatoms. The van der Waals surface area contributed by atoms with E-state index in [1.54, 1.807) is 0 Å². The van der Waals surface area contributed by atoms with Gasteiger partial charge in [-0.05, 0) is 13.8 Å². The number of hydrogen-bond donors (Lipinski definition) is 1. The second kappa shape index (κ2) is 4.64. The van der Waals surface area contributed by atoms with Crippen LogP contribution in [0.15, 0.2) is 11.4 Å². The van der Waals surface area contributed by atoms with E-state index >= 15 is 0 Å². The van der Waals surface area contributed by atoms with E-state index in [1.807, 2.05) is 0 Å². The average Bonchev–Trinajstić information content (AvgIpc) is 2.81. The Morgan fingerprint density at radius 2 is 2.05 bits per heavy atom. The lowest BCUT2D eigenvalue weighted by Crippen LogP contribution is -2.36. The lowest BCUT2D eigenvalue weighted by molar-refractivity contribution is -0.138. The van der Waals surface area contributed by atoms with Crippen LogP contribution in [0.5, 0.6) is 0 Å². The number of oxime groups is 1. The summed E-state index contributed by atoms with van der Waals surface area (Å²) in [7, 11) is 1.35. The molecule has 1 aromatic heterocycles. The van der Waals surface area contributed by atoms with Crippen molar-refractivity contribution in [2.24, 2.45) is 12.2 Å². The van der Waals surface area contributed by atoms with E-state index in [4.69, 9.17) is 4.84 Å². The monoisotopic (exact) mass is 311 g/mol. The smallest absolute Gasteiger partial charge is 0.386 e. The van der Waals surface area contributed by atoms with Crippen molar-refractivity contribution in [2.45, 2.75) is 37.0 Å². The first-order valence-electron chi connectivity index (χ1n) is 5.73. The molecule has 0 amide bonds. The fourth-order valence-electron chi connectivity index (χ4n) is 1.87. The zero-order valence-corrected chi connectivity index (χ0v) is 11.8. The van der Waals surface area contributed by atoms with Crippen molar-refractivity contribution < 1.29 is 22.4 Å². The molecule has 0 radical (unpaired) electrons. The summed E-state index contributed by atoms with van der Waals surface area (Å²) in [6.45, 7) is 2.91. The zero-order chi connectivity index (χ0) is 15.3. The third-order valence-electron chi connectivity index (χ3n) is 2.96. The van der Waals surface area contributed by atoms with Crippen molar-refractivity contribution in [3.63, 3.8) is 0 Å². The molecule has 0 spiro atoms. The first-order chi connectivity index (χ1) is 9.04. The van der Waals surface area contributed by atoms with Crippen molar-refractivity contribution in [1.82, 2.24) is 9.78 Å². The van der Waals surface area contributed by atoms with Crippen molar-refractivity contribution in [1.29, 1.82) is 0 Å². The molecule has 4 nitrogen and oxygen atoms in total. The number of nitrogens with zero attached hydrogens (tertiary/aromatic N) is 3. The number of alkyl halides is 4. The van der Waals surface area contributed by atoms with Gasteiger partial charge in [-0.25, -0.2) is 4.39 Å². The van der Waals surface area contributed by atoms with Crippen LogP contribution >= 0.6 is 12.6 Å². The maximum absolute atomic E-state index is 14.1. The van der Waals surface area contributed by atoms with Crippen LogP contribution in [0.4, 0.5) is 17.6 Å². The molecule has 0 saturated carbocycles. The molecule has 112 valence electrons. The minimum Gasteiger partial charge on any atom is -0.386 e. The van der Waals surface area contributed by atoms with Crippen LogP contribution in [0.25, 0.3) is 0 Å². The summed E-state index contributed by atoms with van der Waals surface area (Å²) in [5, 5.41) is 6.03. The third kappa shape index (κ3) is 2.50. The molecule has 0 fully saturated rings. The minimum atomic E-state index is -4.59. The van der Waals surface area contributed by atoms with Crippen LogP contribution in [-0.4, -0.2) is 27.3 Å². The molecule has 0 saturated heterocycles. The quantitative estimate of drug-likeness (QED) is 0.674. The Morgan fingerprint density at radius 3 is 2.50 bits per heavy atom. The zero-order valence-electron chi connectivity index (χ0n) is 10.9. The summed E-state index contributed by atoms with van der Waals surface area (Å²) >= 11 is 4.04. The van der Waals surface area contributed by atoms with Gasteiger partial charge in [0.15, 0.2) is 11.8 Å². The van der Waals surface area contributed by atoms with E-state index in [-0.39, 0.29) is 11.4 Å². The van der Waals surface area contributed by atoms with Crippen molar-refractivity contribution >= 4 is 18.3 Å². The van der Waals surface area contributed by atoms with Gasteiger partial charge in [0.2, 0.25) is 0 Å². The van der Waals surface area contributed by atoms with Gasteiger partial charge in [-0.15, -0.1) is 0 Å². The average molecular weight is 311 g/mol. The maximum Gasteiger partial charge on any atom is 0.419 e. The molecule has 1 aliphatic rings. The van der Waals surface area contributed by atoms with Crippen LogP contribution < -0.4 is 0 Å². The first kappa shape index (κ1) is 15.1. The number of rotatable bonds is 2. The number of halogens is 4. The van der Waals surface area contributed by atoms with Gasteiger partial charge >= 0.3 is 6.18 Å².